The number of nitrogens with one attached hydrogen (secondary N) is 2. The third-order valence-electron chi connectivity index (χ3n) is 5.79. The van der Waals surface area contributed by atoms with Crippen LogP contribution in [-0.4, -0.2) is 42.3 Å². The van der Waals surface area contributed by atoms with Crippen LogP contribution in [0.15, 0.2) is 22.7 Å². The summed E-state index contributed by atoms with van der Waals surface area (Å²) in [6.07, 6.45) is 6.30. The number of carbonyl (C=O) groups is 2. The van der Waals surface area contributed by atoms with Crippen LogP contribution < -0.4 is 15.4 Å². The van der Waals surface area contributed by atoms with Gasteiger partial charge in [-0.1, -0.05) is 36.9 Å². The van der Waals surface area contributed by atoms with E-state index >= 15 is 0 Å². The largest absolute Gasteiger partial charge is 0.489 e. The van der Waals surface area contributed by atoms with Gasteiger partial charge < -0.3 is 24.6 Å². The van der Waals surface area contributed by atoms with E-state index in [9.17, 15) is 9.59 Å². The van der Waals surface area contributed by atoms with E-state index < -0.39 is 5.54 Å². The SMILES string of the molecule is COCCOc1cc(C)ccc1NC(=O)CCc1nc(C2(NC(C)=O)CCCCCC2)no1. The van der Waals surface area contributed by atoms with Crippen LogP contribution in [0.5, 0.6) is 5.75 Å². The molecule has 0 bridgehead atoms. The number of nitrogens with zero attached hydrogens (tertiary/aromatic N) is 2. The molecule has 1 aromatic heterocycles. The Balaban J connectivity index is 1.62. The van der Waals surface area contributed by atoms with Gasteiger partial charge in [-0.15, -0.1) is 0 Å². The van der Waals surface area contributed by atoms with E-state index in [4.69, 9.17) is 14.0 Å². The quantitative estimate of drug-likeness (QED) is 0.412. The van der Waals surface area contributed by atoms with Crippen molar-refractivity contribution in [1.29, 1.82) is 0 Å². The zero-order chi connectivity index (χ0) is 23.7. The summed E-state index contributed by atoms with van der Waals surface area (Å²) in [5.41, 5.74) is 1.05. The van der Waals surface area contributed by atoms with Gasteiger partial charge in [0.05, 0.1) is 12.3 Å². The Morgan fingerprint density at radius 1 is 1.15 bits per heavy atom. The van der Waals surface area contributed by atoms with Crippen molar-refractivity contribution in [2.45, 2.75) is 70.8 Å². The average Bonchev–Trinajstić information content (AvgIpc) is 3.14. The highest BCUT2D eigenvalue weighted by atomic mass is 16.5. The predicted molar refractivity (Wildman–Crippen MR) is 123 cm³/mol. The van der Waals surface area contributed by atoms with E-state index in [0.717, 1.165) is 44.1 Å². The molecule has 3 rings (SSSR count). The van der Waals surface area contributed by atoms with Crippen LogP contribution in [0.1, 0.15) is 69.1 Å². The summed E-state index contributed by atoms with van der Waals surface area (Å²) in [7, 11) is 1.61. The Kier molecular flexibility index (Phi) is 8.82. The van der Waals surface area contributed by atoms with Gasteiger partial charge in [0.25, 0.3) is 0 Å². The van der Waals surface area contributed by atoms with Crippen molar-refractivity contribution in [3.8, 4) is 5.75 Å². The van der Waals surface area contributed by atoms with E-state index in [0.29, 0.717) is 42.8 Å². The minimum absolute atomic E-state index is 0.107. The molecule has 0 saturated heterocycles. The van der Waals surface area contributed by atoms with E-state index in [-0.39, 0.29) is 18.2 Å². The maximum absolute atomic E-state index is 12.6. The number of rotatable bonds is 10. The first-order chi connectivity index (χ1) is 15.9. The third kappa shape index (κ3) is 7.02. The lowest BCUT2D eigenvalue weighted by molar-refractivity contribution is -0.121. The van der Waals surface area contributed by atoms with Crippen LogP contribution in [0.2, 0.25) is 0 Å². The monoisotopic (exact) mass is 458 g/mol. The van der Waals surface area contributed by atoms with Crippen molar-refractivity contribution < 1.29 is 23.6 Å². The first-order valence-electron chi connectivity index (χ1n) is 11.6. The van der Waals surface area contributed by atoms with E-state index in [1.165, 1.54) is 6.92 Å². The minimum Gasteiger partial charge on any atom is -0.489 e. The molecule has 1 saturated carbocycles. The number of benzene rings is 1. The zero-order valence-corrected chi connectivity index (χ0v) is 19.7. The maximum atomic E-state index is 12.6. The van der Waals surface area contributed by atoms with Gasteiger partial charge in [-0.3, -0.25) is 9.59 Å². The molecule has 0 aliphatic heterocycles. The maximum Gasteiger partial charge on any atom is 0.227 e. The van der Waals surface area contributed by atoms with Crippen LogP contribution in [-0.2, 0) is 26.3 Å². The van der Waals surface area contributed by atoms with Gasteiger partial charge in [-0.05, 0) is 37.5 Å². The van der Waals surface area contributed by atoms with Gasteiger partial charge in [0.2, 0.25) is 17.7 Å². The zero-order valence-electron chi connectivity index (χ0n) is 19.7. The molecule has 1 aliphatic carbocycles. The van der Waals surface area contributed by atoms with Crippen molar-refractivity contribution >= 4 is 17.5 Å². The number of anilines is 1. The first-order valence-corrected chi connectivity index (χ1v) is 11.6. The van der Waals surface area contributed by atoms with Crippen molar-refractivity contribution in [2.75, 3.05) is 25.6 Å². The second-order valence-corrected chi connectivity index (χ2v) is 8.58. The fourth-order valence-corrected chi connectivity index (χ4v) is 4.14. The van der Waals surface area contributed by atoms with E-state index in [2.05, 4.69) is 20.8 Å². The Labute approximate surface area is 194 Å². The fraction of sp³-hybridized carbons (Fsp3) is 0.583. The molecule has 1 fully saturated rings. The highest BCUT2D eigenvalue weighted by Crippen LogP contribution is 2.34. The summed E-state index contributed by atoms with van der Waals surface area (Å²) < 4.78 is 16.2. The molecule has 9 nitrogen and oxygen atoms in total. The Hall–Kier alpha value is -2.94. The van der Waals surface area contributed by atoms with Crippen molar-refractivity contribution in [3.63, 3.8) is 0 Å². The summed E-state index contributed by atoms with van der Waals surface area (Å²) in [6, 6.07) is 5.62. The van der Waals surface area contributed by atoms with Gasteiger partial charge in [-0.25, -0.2) is 0 Å². The molecule has 0 radical (unpaired) electrons. The van der Waals surface area contributed by atoms with E-state index in [1.807, 2.05) is 25.1 Å². The van der Waals surface area contributed by atoms with Gasteiger partial charge in [0, 0.05) is 26.9 Å². The lowest BCUT2D eigenvalue weighted by atomic mass is 9.89. The van der Waals surface area contributed by atoms with Gasteiger partial charge in [-0.2, -0.15) is 4.98 Å². The topological polar surface area (TPSA) is 116 Å². The normalized spacial score (nSPS) is 15.5. The number of hydrogen-bond donors (Lipinski definition) is 2. The van der Waals surface area contributed by atoms with Crippen LogP contribution in [0.25, 0.3) is 0 Å². The second-order valence-electron chi connectivity index (χ2n) is 8.58. The van der Waals surface area contributed by atoms with Crippen molar-refractivity contribution in [1.82, 2.24) is 15.5 Å². The number of aromatic nitrogens is 2. The highest BCUT2D eigenvalue weighted by molar-refractivity contribution is 5.92. The van der Waals surface area contributed by atoms with Crippen LogP contribution >= 0.6 is 0 Å². The molecule has 1 aliphatic rings. The molecule has 2 amide bonds. The molecular formula is C24H34N4O5. The van der Waals surface area contributed by atoms with Gasteiger partial charge in [0.15, 0.2) is 5.82 Å². The number of carbonyl (C=O) groups excluding carboxylic acids is 2. The first kappa shape index (κ1) is 24.7. The molecule has 180 valence electrons. The predicted octanol–water partition coefficient (Wildman–Crippen LogP) is 3.66. The minimum atomic E-state index is -0.595. The lowest BCUT2D eigenvalue weighted by Crippen LogP contribution is -2.45. The number of hydrogen-bond acceptors (Lipinski definition) is 7. The van der Waals surface area contributed by atoms with Gasteiger partial charge in [0.1, 0.15) is 17.9 Å². The van der Waals surface area contributed by atoms with Crippen molar-refractivity contribution in [3.05, 3.63) is 35.5 Å². The Bertz CT molecular complexity index is 935. The molecule has 0 unspecified atom stereocenters. The summed E-state index contributed by atoms with van der Waals surface area (Å²) in [5.74, 6) is 1.20. The fourth-order valence-electron chi connectivity index (χ4n) is 4.14. The van der Waals surface area contributed by atoms with Crippen LogP contribution in [0, 0.1) is 6.92 Å². The van der Waals surface area contributed by atoms with E-state index in [1.54, 1.807) is 7.11 Å². The Morgan fingerprint density at radius 2 is 1.91 bits per heavy atom. The Morgan fingerprint density at radius 3 is 2.61 bits per heavy atom. The molecule has 2 N–H and O–H groups in total. The van der Waals surface area contributed by atoms with Crippen LogP contribution in [0.4, 0.5) is 5.69 Å². The number of methoxy groups -OCH3 is 1. The molecular weight excluding hydrogens is 424 g/mol. The second kappa shape index (κ2) is 11.8. The smallest absolute Gasteiger partial charge is 0.227 e. The number of aryl methyl sites for hydroxylation is 2. The number of amides is 2. The molecule has 9 heteroatoms. The summed E-state index contributed by atoms with van der Waals surface area (Å²) in [4.78, 5) is 29.0. The summed E-state index contributed by atoms with van der Waals surface area (Å²) in [5, 5.41) is 10.1. The molecule has 0 atom stereocenters. The third-order valence-corrected chi connectivity index (χ3v) is 5.79. The highest BCUT2D eigenvalue weighted by Gasteiger charge is 2.38. The summed E-state index contributed by atoms with van der Waals surface area (Å²) in [6.45, 7) is 4.32. The molecule has 1 heterocycles. The molecule has 2 aromatic rings. The average molecular weight is 459 g/mol. The van der Waals surface area contributed by atoms with Crippen LogP contribution in [0.3, 0.4) is 0 Å². The number of ether oxygens (including phenoxy) is 2. The van der Waals surface area contributed by atoms with Gasteiger partial charge >= 0.3 is 0 Å². The summed E-state index contributed by atoms with van der Waals surface area (Å²) >= 11 is 0. The van der Waals surface area contributed by atoms with Crippen molar-refractivity contribution in [2.24, 2.45) is 0 Å². The molecule has 33 heavy (non-hydrogen) atoms. The lowest BCUT2D eigenvalue weighted by Gasteiger charge is -2.30. The molecule has 0 spiro atoms. The standard InChI is InChI=1S/C24H34N4O5/c1-17-8-9-19(20(16-17)32-15-14-31-3)25-21(30)10-11-22-26-23(28-33-22)24(27-18(2)29)12-6-4-5-7-13-24/h8-9,16H,4-7,10-15H2,1-3H3,(H,25,30)(H,27,29). The molecule has 1 aromatic carbocycles.